The number of esters is 1. The van der Waals surface area contributed by atoms with Crippen LogP contribution in [0.3, 0.4) is 0 Å². The molecular formula is C12H20N2O2S. The summed E-state index contributed by atoms with van der Waals surface area (Å²) in [5.74, 6) is -0.115. The van der Waals surface area contributed by atoms with Gasteiger partial charge in [-0.15, -0.1) is 11.3 Å². The summed E-state index contributed by atoms with van der Waals surface area (Å²) < 4.78 is 4.85. The van der Waals surface area contributed by atoms with Gasteiger partial charge in [-0.3, -0.25) is 4.79 Å². The summed E-state index contributed by atoms with van der Waals surface area (Å²) >= 11 is 1.70. The summed E-state index contributed by atoms with van der Waals surface area (Å²) in [5.41, 5.74) is 1.09. The first-order chi connectivity index (χ1) is 8.26. The second-order valence-corrected chi connectivity index (χ2v) is 4.61. The molecule has 0 unspecified atom stereocenters. The van der Waals surface area contributed by atoms with E-state index in [2.05, 4.69) is 22.6 Å². The summed E-state index contributed by atoms with van der Waals surface area (Å²) in [7, 11) is 0. The van der Waals surface area contributed by atoms with Crippen LogP contribution in [0.4, 0.5) is 0 Å². The highest BCUT2D eigenvalue weighted by atomic mass is 32.1. The largest absolute Gasteiger partial charge is 0.466 e. The van der Waals surface area contributed by atoms with E-state index in [4.69, 9.17) is 4.74 Å². The van der Waals surface area contributed by atoms with Gasteiger partial charge in [-0.05, 0) is 26.3 Å². The maximum atomic E-state index is 11.1. The monoisotopic (exact) mass is 256 g/mol. The Labute approximate surface area is 106 Å². The first-order valence-electron chi connectivity index (χ1n) is 6.05. The average Bonchev–Trinajstić information content (AvgIpc) is 2.77. The summed E-state index contributed by atoms with van der Waals surface area (Å²) in [5, 5.41) is 6.53. The van der Waals surface area contributed by atoms with Crippen molar-refractivity contribution in [3.05, 3.63) is 16.1 Å². The highest BCUT2D eigenvalue weighted by molar-refractivity contribution is 7.09. The number of aryl methyl sites for hydroxylation is 1. The fourth-order valence-corrected chi connectivity index (χ4v) is 2.14. The number of hydrogen-bond acceptors (Lipinski definition) is 5. The molecule has 0 aliphatic heterocycles. The third kappa shape index (κ3) is 5.79. The fraction of sp³-hybridized carbons (Fsp3) is 0.667. The van der Waals surface area contributed by atoms with Gasteiger partial charge in [0, 0.05) is 18.3 Å². The van der Waals surface area contributed by atoms with Crippen LogP contribution in [0.1, 0.15) is 37.4 Å². The smallest absolute Gasteiger partial charge is 0.305 e. The van der Waals surface area contributed by atoms with Crippen LogP contribution >= 0.6 is 11.3 Å². The molecule has 0 radical (unpaired) electrons. The second kappa shape index (κ2) is 8.20. The van der Waals surface area contributed by atoms with E-state index in [1.54, 1.807) is 11.3 Å². The summed E-state index contributed by atoms with van der Waals surface area (Å²) in [4.78, 5) is 15.5. The Hall–Kier alpha value is -0.940. The number of thiazole rings is 1. The van der Waals surface area contributed by atoms with E-state index in [9.17, 15) is 4.79 Å². The maximum absolute atomic E-state index is 11.1. The van der Waals surface area contributed by atoms with Crippen LogP contribution in [0.5, 0.6) is 0 Å². The van der Waals surface area contributed by atoms with Crippen molar-refractivity contribution >= 4 is 17.3 Å². The molecule has 0 bridgehead atoms. The first kappa shape index (κ1) is 14.1. The molecule has 1 heterocycles. The van der Waals surface area contributed by atoms with Crippen molar-refractivity contribution in [1.29, 1.82) is 0 Å². The number of nitrogens with one attached hydrogen (secondary N) is 1. The Morgan fingerprint density at radius 1 is 1.53 bits per heavy atom. The molecule has 1 N–H and O–H groups in total. The molecular weight excluding hydrogens is 236 g/mol. The van der Waals surface area contributed by atoms with E-state index < -0.39 is 0 Å². The molecule has 0 fully saturated rings. The summed E-state index contributed by atoms with van der Waals surface area (Å²) in [6, 6.07) is 0. The van der Waals surface area contributed by atoms with Crippen molar-refractivity contribution in [2.24, 2.45) is 0 Å². The number of carbonyl (C=O) groups is 1. The highest BCUT2D eigenvalue weighted by Gasteiger charge is 2.02. The standard InChI is InChI=1S/C12H20N2O2S/c1-3-11-14-10(9-17-11)8-13-7-5-6-12(15)16-4-2/h9,13H,3-8H2,1-2H3. The molecule has 0 aliphatic carbocycles. The molecule has 4 nitrogen and oxygen atoms in total. The van der Waals surface area contributed by atoms with Crippen LogP contribution < -0.4 is 5.32 Å². The topological polar surface area (TPSA) is 51.2 Å². The third-order valence-electron chi connectivity index (χ3n) is 2.25. The molecule has 1 aromatic heterocycles. The molecule has 0 atom stereocenters. The van der Waals surface area contributed by atoms with E-state index in [1.807, 2.05) is 6.92 Å². The van der Waals surface area contributed by atoms with Crippen molar-refractivity contribution in [2.75, 3.05) is 13.2 Å². The van der Waals surface area contributed by atoms with Crippen molar-refractivity contribution in [2.45, 2.75) is 39.7 Å². The van der Waals surface area contributed by atoms with Gasteiger partial charge < -0.3 is 10.1 Å². The number of aromatic nitrogens is 1. The molecule has 5 heteroatoms. The summed E-state index contributed by atoms with van der Waals surface area (Å²) in [6.45, 7) is 5.99. The van der Waals surface area contributed by atoms with Crippen LogP contribution in [0, 0.1) is 0 Å². The SMILES string of the molecule is CCOC(=O)CCCNCc1csc(CC)n1. The lowest BCUT2D eigenvalue weighted by molar-refractivity contribution is -0.143. The van der Waals surface area contributed by atoms with Crippen molar-refractivity contribution in [1.82, 2.24) is 10.3 Å². The molecule has 1 rings (SSSR count). The normalized spacial score (nSPS) is 10.5. The van der Waals surface area contributed by atoms with Crippen LogP contribution in [0.2, 0.25) is 0 Å². The van der Waals surface area contributed by atoms with E-state index in [0.717, 1.165) is 31.6 Å². The molecule has 0 amide bonds. The lowest BCUT2D eigenvalue weighted by atomic mass is 10.3. The van der Waals surface area contributed by atoms with Gasteiger partial charge in [0.1, 0.15) is 0 Å². The predicted molar refractivity (Wildman–Crippen MR) is 69.1 cm³/mol. The van der Waals surface area contributed by atoms with Crippen molar-refractivity contribution in [3.8, 4) is 0 Å². The third-order valence-corrected chi connectivity index (χ3v) is 3.29. The Kier molecular flexibility index (Phi) is 6.81. The van der Waals surface area contributed by atoms with Gasteiger partial charge in [0.2, 0.25) is 0 Å². The molecule has 0 aromatic carbocycles. The van der Waals surface area contributed by atoms with E-state index in [0.29, 0.717) is 13.0 Å². The van der Waals surface area contributed by atoms with Gasteiger partial charge in [0.25, 0.3) is 0 Å². The van der Waals surface area contributed by atoms with Crippen molar-refractivity contribution in [3.63, 3.8) is 0 Å². The Balaban J connectivity index is 2.06. The Morgan fingerprint density at radius 2 is 2.35 bits per heavy atom. The second-order valence-electron chi connectivity index (χ2n) is 3.67. The van der Waals surface area contributed by atoms with Gasteiger partial charge >= 0.3 is 5.97 Å². The van der Waals surface area contributed by atoms with Crippen LogP contribution in [0.25, 0.3) is 0 Å². The number of hydrogen-bond donors (Lipinski definition) is 1. The van der Waals surface area contributed by atoms with Gasteiger partial charge in [0.15, 0.2) is 0 Å². The highest BCUT2D eigenvalue weighted by Crippen LogP contribution is 2.09. The molecule has 0 saturated carbocycles. The van der Waals surface area contributed by atoms with Crippen molar-refractivity contribution < 1.29 is 9.53 Å². The molecule has 0 aliphatic rings. The summed E-state index contributed by atoms with van der Waals surface area (Å²) in [6.07, 6.45) is 2.29. The van der Waals surface area contributed by atoms with Crippen LogP contribution in [-0.2, 0) is 22.5 Å². The Morgan fingerprint density at radius 3 is 3.00 bits per heavy atom. The average molecular weight is 256 g/mol. The molecule has 17 heavy (non-hydrogen) atoms. The van der Waals surface area contributed by atoms with Crippen LogP contribution in [-0.4, -0.2) is 24.1 Å². The molecule has 1 aromatic rings. The first-order valence-corrected chi connectivity index (χ1v) is 6.93. The lowest BCUT2D eigenvalue weighted by Gasteiger charge is -2.03. The zero-order chi connectivity index (χ0) is 12.5. The maximum Gasteiger partial charge on any atom is 0.305 e. The number of ether oxygens (including phenoxy) is 1. The van der Waals surface area contributed by atoms with Gasteiger partial charge in [-0.1, -0.05) is 6.92 Å². The van der Waals surface area contributed by atoms with Gasteiger partial charge in [-0.2, -0.15) is 0 Å². The fourth-order valence-electron chi connectivity index (χ4n) is 1.40. The predicted octanol–water partition coefficient (Wildman–Crippen LogP) is 2.14. The Bertz CT molecular complexity index is 339. The number of carbonyl (C=O) groups excluding carboxylic acids is 1. The molecule has 96 valence electrons. The van der Waals surface area contributed by atoms with E-state index in [-0.39, 0.29) is 5.97 Å². The molecule has 0 spiro atoms. The lowest BCUT2D eigenvalue weighted by Crippen LogP contribution is -2.16. The minimum absolute atomic E-state index is 0.115. The number of nitrogens with zero attached hydrogens (tertiary/aromatic N) is 1. The van der Waals surface area contributed by atoms with Gasteiger partial charge in [0.05, 0.1) is 17.3 Å². The van der Waals surface area contributed by atoms with E-state index in [1.165, 1.54) is 5.01 Å². The quantitative estimate of drug-likeness (QED) is 0.572. The minimum atomic E-state index is -0.115. The van der Waals surface area contributed by atoms with E-state index >= 15 is 0 Å². The molecule has 0 saturated heterocycles. The zero-order valence-electron chi connectivity index (χ0n) is 10.5. The zero-order valence-corrected chi connectivity index (χ0v) is 11.3. The number of rotatable bonds is 8. The van der Waals surface area contributed by atoms with Gasteiger partial charge in [-0.25, -0.2) is 4.98 Å². The van der Waals surface area contributed by atoms with Crippen LogP contribution in [0.15, 0.2) is 5.38 Å². The minimum Gasteiger partial charge on any atom is -0.466 e.